The lowest BCUT2D eigenvalue weighted by Gasteiger charge is -2.02. The Morgan fingerprint density at radius 3 is 1.96 bits per heavy atom. The molecule has 2 rings (SSSR count). The van der Waals surface area contributed by atoms with Crippen molar-refractivity contribution in [2.75, 3.05) is 0 Å². The van der Waals surface area contributed by atoms with Crippen LogP contribution in [0.5, 0.6) is 0 Å². The largest absolute Gasteiger partial charge is 0.207 e. The van der Waals surface area contributed by atoms with Gasteiger partial charge in [-0.25, -0.2) is 8.78 Å². The fourth-order valence-electron chi connectivity index (χ4n) is 2.94. The molecule has 0 atom stereocenters. The van der Waals surface area contributed by atoms with Crippen molar-refractivity contribution >= 4 is 12.4 Å². The summed E-state index contributed by atoms with van der Waals surface area (Å²) in [5.74, 6) is -1.10. The van der Waals surface area contributed by atoms with Crippen molar-refractivity contribution < 1.29 is 8.78 Å². The van der Waals surface area contributed by atoms with Crippen LogP contribution in [0.3, 0.4) is 0 Å². The van der Waals surface area contributed by atoms with Crippen LogP contribution in [-0.2, 0) is 12.8 Å². The van der Waals surface area contributed by atoms with Crippen LogP contribution < -0.4 is 0 Å². The SMILES string of the molecule is CCCCCCCc1ccc(/C=N/N=C/c2cc(F)c(CC)c(F)c2)cc1. The Morgan fingerprint density at radius 2 is 1.37 bits per heavy atom. The number of aryl methyl sites for hydroxylation is 1. The normalized spacial score (nSPS) is 11.7. The van der Waals surface area contributed by atoms with Crippen molar-refractivity contribution in [2.24, 2.45) is 10.2 Å². The van der Waals surface area contributed by atoms with Crippen LogP contribution in [0, 0.1) is 11.6 Å². The van der Waals surface area contributed by atoms with E-state index in [1.807, 2.05) is 12.1 Å². The molecule has 144 valence electrons. The first-order chi connectivity index (χ1) is 13.1. The molecule has 2 nitrogen and oxygen atoms in total. The quantitative estimate of drug-likeness (QED) is 0.259. The van der Waals surface area contributed by atoms with Gasteiger partial charge in [0.05, 0.1) is 12.4 Å². The summed E-state index contributed by atoms with van der Waals surface area (Å²) in [6.45, 7) is 3.94. The van der Waals surface area contributed by atoms with E-state index < -0.39 is 11.6 Å². The maximum atomic E-state index is 13.7. The molecule has 0 N–H and O–H groups in total. The highest BCUT2D eigenvalue weighted by molar-refractivity contribution is 5.82. The summed E-state index contributed by atoms with van der Waals surface area (Å²) in [5.41, 5.74) is 2.73. The van der Waals surface area contributed by atoms with Gasteiger partial charge in [0.2, 0.25) is 0 Å². The molecule has 0 unspecified atom stereocenters. The second-order valence-electron chi connectivity index (χ2n) is 6.71. The lowest BCUT2D eigenvalue weighted by molar-refractivity contribution is 0.558. The Morgan fingerprint density at radius 1 is 0.778 bits per heavy atom. The predicted molar refractivity (Wildman–Crippen MR) is 110 cm³/mol. The van der Waals surface area contributed by atoms with E-state index in [-0.39, 0.29) is 5.56 Å². The van der Waals surface area contributed by atoms with Gasteiger partial charge in [-0.05, 0) is 42.5 Å². The standard InChI is InChI=1S/C23H28F2N2/c1-3-5-6-7-8-9-18-10-12-19(13-11-18)16-26-27-17-20-14-22(24)21(4-2)23(25)15-20/h10-17H,3-9H2,1-2H3/b26-16+,27-17+. The number of unbranched alkanes of at least 4 members (excludes halogenated alkanes) is 4. The molecule has 0 heterocycles. The topological polar surface area (TPSA) is 24.7 Å². The van der Waals surface area contributed by atoms with Crippen LogP contribution in [0.2, 0.25) is 0 Å². The van der Waals surface area contributed by atoms with Crippen LogP contribution in [-0.4, -0.2) is 12.4 Å². The van der Waals surface area contributed by atoms with Gasteiger partial charge in [0.15, 0.2) is 0 Å². The van der Waals surface area contributed by atoms with E-state index in [0.29, 0.717) is 12.0 Å². The smallest absolute Gasteiger partial charge is 0.129 e. The number of hydrogen-bond acceptors (Lipinski definition) is 2. The third-order valence-electron chi connectivity index (χ3n) is 4.55. The highest BCUT2D eigenvalue weighted by Crippen LogP contribution is 2.15. The first-order valence-corrected chi connectivity index (χ1v) is 9.77. The van der Waals surface area contributed by atoms with Crippen molar-refractivity contribution in [1.29, 1.82) is 0 Å². The molecular weight excluding hydrogens is 342 g/mol. The molecule has 0 aliphatic carbocycles. The number of rotatable bonds is 10. The van der Waals surface area contributed by atoms with Crippen molar-refractivity contribution in [2.45, 2.75) is 58.8 Å². The molecule has 0 saturated carbocycles. The summed E-state index contributed by atoms with van der Waals surface area (Å²) in [6.07, 6.45) is 10.8. The molecule has 0 bridgehead atoms. The van der Waals surface area contributed by atoms with Crippen LogP contribution in [0.15, 0.2) is 46.6 Å². The maximum absolute atomic E-state index is 13.7. The van der Waals surface area contributed by atoms with Gasteiger partial charge in [-0.2, -0.15) is 10.2 Å². The van der Waals surface area contributed by atoms with Gasteiger partial charge in [-0.1, -0.05) is 63.8 Å². The van der Waals surface area contributed by atoms with Gasteiger partial charge in [0.1, 0.15) is 11.6 Å². The zero-order valence-corrected chi connectivity index (χ0v) is 16.2. The molecule has 0 fully saturated rings. The average molecular weight is 370 g/mol. The van der Waals surface area contributed by atoms with Gasteiger partial charge in [0, 0.05) is 11.1 Å². The molecule has 27 heavy (non-hydrogen) atoms. The second kappa shape index (κ2) is 11.4. The van der Waals surface area contributed by atoms with Crippen LogP contribution in [0.25, 0.3) is 0 Å². The zero-order valence-electron chi connectivity index (χ0n) is 16.2. The van der Waals surface area contributed by atoms with Gasteiger partial charge >= 0.3 is 0 Å². The summed E-state index contributed by atoms with van der Waals surface area (Å²) >= 11 is 0. The highest BCUT2D eigenvalue weighted by Gasteiger charge is 2.08. The third-order valence-corrected chi connectivity index (χ3v) is 4.55. The summed E-state index contributed by atoms with van der Waals surface area (Å²) in [4.78, 5) is 0. The van der Waals surface area contributed by atoms with Crippen molar-refractivity contribution in [1.82, 2.24) is 0 Å². The van der Waals surface area contributed by atoms with Crippen molar-refractivity contribution in [3.05, 3.63) is 70.3 Å². The van der Waals surface area contributed by atoms with Gasteiger partial charge in [-0.3, -0.25) is 0 Å². The van der Waals surface area contributed by atoms with Gasteiger partial charge in [-0.15, -0.1) is 0 Å². The molecular formula is C23H28F2N2. The second-order valence-corrected chi connectivity index (χ2v) is 6.71. The third kappa shape index (κ3) is 7.05. The Hall–Kier alpha value is -2.36. The molecule has 0 saturated heterocycles. The minimum atomic E-state index is -0.548. The Labute approximate surface area is 161 Å². The maximum Gasteiger partial charge on any atom is 0.129 e. The molecule has 0 spiro atoms. The average Bonchev–Trinajstić information content (AvgIpc) is 2.66. The molecule has 0 aromatic heterocycles. The van der Waals surface area contributed by atoms with Crippen LogP contribution in [0.1, 0.15) is 68.2 Å². The first kappa shape index (κ1) is 20.9. The van der Waals surface area contributed by atoms with E-state index in [4.69, 9.17) is 0 Å². The van der Waals surface area contributed by atoms with E-state index in [0.717, 1.165) is 12.0 Å². The Kier molecular flexibility index (Phi) is 8.82. The van der Waals surface area contributed by atoms with E-state index in [9.17, 15) is 8.78 Å². The van der Waals surface area contributed by atoms with Crippen LogP contribution in [0.4, 0.5) is 8.78 Å². The predicted octanol–water partition coefficient (Wildman–Crippen LogP) is 6.49. The minimum Gasteiger partial charge on any atom is -0.207 e. The van der Waals surface area contributed by atoms with Crippen molar-refractivity contribution in [3.8, 4) is 0 Å². The van der Waals surface area contributed by atoms with Crippen LogP contribution >= 0.6 is 0 Å². The number of nitrogens with zero attached hydrogens (tertiary/aromatic N) is 2. The number of halogens is 2. The van der Waals surface area contributed by atoms with E-state index >= 15 is 0 Å². The summed E-state index contributed by atoms with van der Waals surface area (Å²) < 4.78 is 27.5. The fourth-order valence-corrected chi connectivity index (χ4v) is 2.94. The van der Waals surface area contributed by atoms with E-state index in [1.54, 1.807) is 13.1 Å². The molecule has 2 aromatic carbocycles. The fraction of sp³-hybridized carbons (Fsp3) is 0.391. The molecule has 4 heteroatoms. The molecule has 2 aromatic rings. The number of benzene rings is 2. The van der Waals surface area contributed by atoms with Gasteiger partial charge in [0.25, 0.3) is 0 Å². The van der Waals surface area contributed by atoms with E-state index in [1.165, 1.54) is 56.0 Å². The first-order valence-electron chi connectivity index (χ1n) is 9.77. The monoisotopic (exact) mass is 370 g/mol. The summed E-state index contributed by atoms with van der Waals surface area (Å²) in [6, 6.07) is 10.8. The molecule has 0 radical (unpaired) electrons. The van der Waals surface area contributed by atoms with Crippen molar-refractivity contribution in [3.63, 3.8) is 0 Å². The minimum absolute atomic E-state index is 0.0982. The summed E-state index contributed by atoms with van der Waals surface area (Å²) in [7, 11) is 0. The Balaban J connectivity index is 1.86. The zero-order chi connectivity index (χ0) is 19.5. The lowest BCUT2D eigenvalue weighted by atomic mass is 10.0. The highest BCUT2D eigenvalue weighted by atomic mass is 19.1. The molecule has 0 aliphatic rings. The lowest BCUT2D eigenvalue weighted by Crippen LogP contribution is -1.96. The molecule has 0 amide bonds. The molecule has 0 aliphatic heterocycles. The van der Waals surface area contributed by atoms with Gasteiger partial charge < -0.3 is 0 Å². The number of hydrogen-bond donors (Lipinski definition) is 0. The van der Waals surface area contributed by atoms with E-state index in [2.05, 4.69) is 29.3 Å². The Bertz CT molecular complexity index is 741. The summed E-state index contributed by atoms with van der Waals surface area (Å²) in [5, 5.41) is 7.85.